The molecule has 5 rings (SSSR count). The van der Waals surface area contributed by atoms with Gasteiger partial charge >= 0.3 is 0 Å². The molecule has 44 heavy (non-hydrogen) atoms. The zero-order chi connectivity index (χ0) is 30.7. The minimum Gasteiger partial charge on any atom is -0.397 e. The molecule has 1 saturated heterocycles. The first-order valence-electron chi connectivity index (χ1n) is 14.5. The maximum Gasteiger partial charge on any atom is 0.224 e. The van der Waals surface area contributed by atoms with Gasteiger partial charge in [-0.1, -0.05) is 60.3 Å². The molecular weight excluding hydrogens is 580 g/mol. The highest BCUT2D eigenvalue weighted by Gasteiger charge is 2.32. The Labute approximate surface area is 260 Å². The lowest BCUT2D eigenvalue weighted by Gasteiger charge is -2.36. The van der Waals surface area contributed by atoms with Crippen molar-refractivity contribution in [3.63, 3.8) is 0 Å². The summed E-state index contributed by atoms with van der Waals surface area (Å²) < 4.78 is 12.8. The molecule has 1 fully saturated rings. The molecule has 3 atom stereocenters. The second kappa shape index (κ2) is 15.5. The Balaban J connectivity index is 1.16. The van der Waals surface area contributed by atoms with Crippen LogP contribution in [0, 0.1) is 0 Å². The number of unbranched alkanes of at least 4 members (excludes halogenated alkanes) is 1. The van der Waals surface area contributed by atoms with Gasteiger partial charge in [0.15, 0.2) is 11.4 Å². The van der Waals surface area contributed by atoms with Crippen LogP contribution in [0.25, 0.3) is 0 Å². The lowest BCUT2D eigenvalue weighted by atomic mass is 10.0. The second-order valence-electron chi connectivity index (χ2n) is 10.5. The van der Waals surface area contributed by atoms with Gasteiger partial charge in [0.2, 0.25) is 11.8 Å². The van der Waals surface area contributed by atoms with Crippen molar-refractivity contribution in [1.82, 2.24) is 15.2 Å². The number of nitrogens with two attached hydrogens (primary N) is 1. The number of anilines is 3. The van der Waals surface area contributed by atoms with Crippen LogP contribution in [0.3, 0.4) is 0 Å². The third kappa shape index (κ3) is 8.89. The maximum absolute atomic E-state index is 12.7. The van der Waals surface area contributed by atoms with E-state index in [-0.39, 0.29) is 37.0 Å². The molecule has 2 amide bonds. The average molecular weight is 617 g/mol. The predicted molar refractivity (Wildman–Crippen MR) is 169 cm³/mol. The lowest BCUT2D eigenvalue weighted by Crippen LogP contribution is -2.31. The minimum atomic E-state index is -0.652. The predicted octanol–water partition coefficient (Wildman–Crippen LogP) is 5.35. The zero-order valence-corrected chi connectivity index (χ0v) is 25.0. The van der Waals surface area contributed by atoms with Crippen LogP contribution in [-0.2, 0) is 25.7 Å². The number of aliphatic hydroxyl groups excluding tert-OH is 1. The number of hydrogen-bond donors (Lipinski definition) is 5. The van der Waals surface area contributed by atoms with Crippen LogP contribution in [0.2, 0.25) is 0 Å². The fourth-order valence-electron chi connectivity index (χ4n) is 4.84. The van der Waals surface area contributed by atoms with E-state index in [2.05, 4.69) is 25.8 Å². The molecule has 0 aliphatic carbocycles. The van der Waals surface area contributed by atoms with Crippen molar-refractivity contribution >= 4 is 40.6 Å². The number of benzene rings is 3. The van der Waals surface area contributed by atoms with E-state index in [9.17, 15) is 14.7 Å². The SMILES string of the molecule is Nc1ccccc1NC(=O)CCCCC(=O)Nc1cccc(C2OC(CSc3ncn[nH]3)CC(c3ccc(CO)cc3)O2)c1. The van der Waals surface area contributed by atoms with Gasteiger partial charge in [0.25, 0.3) is 0 Å². The number of nitrogen functional groups attached to an aromatic ring is 1. The van der Waals surface area contributed by atoms with Crippen molar-refractivity contribution in [2.75, 3.05) is 22.1 Å². The number of aromatic nitrogens is 3. The van der Waals surface area contributed by atoms with Crippen LogP contribution in [0.5, 0.6) is 0 Å². The Hall–Kier alpha value is -4.23. The molecular formula is C32H36N6O5S. The van der Waals surface area contributed by atoms with Crippen molar-refractivity contribution < 1.29 is 24.2 Å². The monoisotopic (exact) mass is 616 g/mol. The maximum atomic E-state index is 12.7. The van der Waals surface area contributed by atoms with Gasteiger partial charge in [-0.05, 0) is 48.2 Å². The number of hydrogen-bond acceptors (Lipinski definition) is 9. The number of amides is 2. The van der Waals surface area contributed by atoms with Gasteiger partial charge < -0.3 is 30.9 Å². The number of nitrogens with one attached hydrogen (secondary N) is 3. The standard InChI is InChI=1S/C32H36N6O5S/c33-26-8-1-2-9-27(26)37-30(41)11-4-3-10-29(40)36-24-7-5-6-23(16-24)31-42-25(19-44-32-34-20-35-38-32)17-28(43-31)22-14-12-21(18-39)13-15-22/h1-2,5-9,12-16,20,25,28,31,39H,3-4,10-11,17-19,33H2,(H,36,40)(H,37,41)(H,34,35,38). The summed E-state index contributed by atoms with van der Waals surface area (Å²) in [6.07, 6.45) is 2.82. The van der Waals surface area contributed by atoms with Crippen molar-refractivity contribution in [2.45, 2.75) is 62.4 Å². The van der Waals surface area contributed by atoms with E-state index in [4.69, 9.17) is 15.2 Å². The van der Waals surface area contributed by atoms with E-state index in [0.717, 1.165) is 16.7 Å². The highest BCUT2D eigenvalue weighted by atomic mass is 32.2. The summed E-state index contributed by atoms with van der Waals surface area (Å²) in [6, 6.07) is 22.3. The molecule has 0 bridgehead atoms. The number of H-pyrrole nitrogens is 1. The second-order valence-corrected chi connectivity index (χ2v) is 11.5. The number of carbonyl (C=O) groups excluding carboxylic acids is 2. The molecule has 12 heteroatoms. The Morgan fingerprint density at radius 3 is 2.45 bits per heavy atom. The molecule has 230 valence electrons. The quantitative estimate of drug-likeness (QED) is 0.0756. The van der Waals surface area contributed by atoms with E-state index in [1.807, 2.05) is 60.7 Å². The third-order valence-corrected chi connectivity index (χ3v) is 8.16. The highest BCUT2D eigenvalue weighted by molar-refractivity contribution is 7.99. The number of para-hydroxylation sites is 2. The largest absolute Gasteiger partial charge is 0.397 e. The molecule has 2 heterocycles. The first-order chi connectivity index (χ1) is 21.5. The fourth-order valence-corrected chi connectivity index (χ4v) is 5.64. The van der Waals surface area contributed by atoms with Gasteiger partial charge in [-0.2, -0.15) is 5.10 Å². The Morgan fingerprint density at radius 2 is 1.73 bits per heavy atom. The van der Waals surface area contributed by atoms with Crippen LogP contribution >= 0.6 is 11.8 Å². The van der Waals surface area contributed by atoms with Crippen LogP contribution in [0.1, 0.15) is 61.2 Å². The fraction of sp³-hybridized carbons (Fsp3) is 0.312. The summed E-state index contributed by atoms with van der Waals surface area (Å²) in [6.45, 7) is -0.0222. The Kier molecular flexibility index (Phi) is 11.0. The normalized spacial score (nSPS) is 18.1. The van der Waals surface area contributed by atoms with Gasteiger partial charge in [-0.3, -0.25) is 14.7 Å². The molecule has 1 aliphatic rings. The summed E-state index contributed by atoms with van der Waals surface area (Å²) in [7, 11) is 0. The lowest BCUT2D eigenvalue weighted by molar-refractivity contribution is -0.245. The summed E-state index contributed by atoms with van der Waals surface area (Å²) in [5, 5.41) is 22.7. The van der Waals surface area contributed by atoms with Gasteiger partial charge in [0, 0.05) is 36.3 Å². The first kappa shape index (κ1) is 31.2. The van der Waals surface area contributed by atoms with Crippen LogP contribution in [-0.4, -0.2) is 44.0 Å². The topological polar surface area (TPSA) is 164 Å². The smallest absolute Gasteiger partial charge is 0.224 e. The van der Waals surface area contributed by atoms with Gasteiger partial charge in [-0.25, -0.2) is 4.98 Å². The first-order valence-corrected chi connectivity index (χ1v) is 15.5. The van der Waals surface area contributed by atoms with Crippen LogP contribution in [0.4, 0.5) is 17.1 Å². The molecule has 0 spiro atoms. The highest BCUT2D eigenvalue weighted by Crippen LogP contribution is 2.39. The molecule has 1 aromatic heterocycles. The molecule has 1 aliphatic heterocycles. The van der Waals surface area contributed by atoms with E-state index in [1.165, 1.54) is 18.1 Å². The molecule has 3 unspecified atom stereocenters. The van der Waals surface area contributed by atoms with Gasteiger partial charge in [-0.15, -0.1) is 0 Å². The Bertz CT molecular complexity index is 1520. The van der Waals surface area contributed by atoms with Crippen molar-refractivity contribution in [1.29, 1.82) is 0 Å². The third-order valence-electron chi connectivity index (χ3n) is 7.15. The van der Waals surface area contributed by atoms with Gasteiger partial charge in [0.1, 0.15) is 6.33 Å². The van der Waals surface area contributed by atoms with Crippen molar-refractivity contribution in [3.8, 4) is 0 Å². The number of thioether (sulfide) groups is 1. The number of carbonyl (C=O) groups is 2. The van der Waals surface area contributed by atoms with E-state index in [0.29, 0.717) is 53.7 Å². The molecule has 0 saturated carbocycles. The van der Waals surface area contributed by atoms with E-state index < -0.39 is 6.29 Å². The van der Waals surface area contributed by atoms with E-state index in [1.54, 1.807) is 12.1 Å². The minimum absolute atomic E-state index is 0.0222. The van der Waals surface area contributed by atoms with Crippen molar-refractivity contribution in [3.05, 3.63) is 95.8 Å². The summed E-state index contributed by atoms with van der Waals surface area (Å²) in [4.78, 5) is 29.1. The zero-order valence-electron chi connectivity index (χ0n) is 24.1. The number of nitrogens with zero attached hydrogens (tertiary/aromatic N) is 2. The number of aliphatic hydroxyl groups is 1. The number of ether oxygens (including phenoxy) is 2. The molecule has 6 N–H and O–H groups in total. The summed E-state index contributed by atoms with van der Waals surface area (Å²) >= 11 is 1.53. The summed E-state index contributed by atoms with van der Waals surface area (Å²) in [5.41, 5.74) is 10.2. The van der Waals surface area contributed by atoms with Crippen LogP contribution in [0.15, 0.2) is 84.3 Å². The van der Waals surface area contributed by atoms with E-state index >= 15 is 0 Å². The summed E-state index contributed by atoms with van der Waals surface area (Å²) in [5.74, 6) is 0.375. The molecule has 3 aromatic carbocycles. The Morgan fingerprint density at radius 1 is 0.955 bits per heavy atom. The van der Waals surface area contributed by atoms with Crippen molar-refractivity contribution in [2.24, 2.45) is 0 Å². The molecule has 4 aromatic rings. The molecule has 11 nitrogen and oxygen atoms in total. The average Bonchev–Trinajstić information content (AvgIpc) is 3.57. The van der Waals surface area contributed by atoms with Crippen LogP contribution < -0.4 is 16.4 Å². The van der Waals surface area contributed by atoms with Gasteiger partial charge in [0.05, 0.1) is 30.2 Å². The molecule has 0 radical (unpaired) electrons. The number of rotatable bonds is 13. The number of aromatic amines is 1.